The summed E-state index contributed by atoms with van der Waals surface area (Å²) >= 11 is 0. The predicted octanol–water partition coefficient (Wildman–Crippen LogP) is -0.351. The lowest BCUT2D eigenvalue weighted by molar-refractivity contribution is -0.158. The van der Waals surface area contributed by atoms with Gasteiger partial charge in [0, 0.05) is 6.61 Å². The number of carboxylic acids is 1. The maximum Gasteiger partial charge on any atom is 0.333 e. The number of methoxy groups -OCH3 is 1. The van der Waals surface area contributed by atoms with E-state index in [4.69, 9.17) is 9.84 Å². The molecule has 1 aliphatic heterocycles. The van der Waals surface area contributed by atoms with Crippen molar-refractivity contribution in [2.45, 2.75) is 12.5 Å². The van der Waals surface area contributed by atoms with E-state index < -0.39 is 24.0 Å². The summed E-state index contributed by atoms with van der Waals surface area (Å²) in [5.41, 5.74) is 0. The standard InChI is InChI=1S/C7H10O5/c1-11-7(10)4-2-3-12-5(4)6(8)9/h4-5H,2-3H2,1H3,(H,8,9)/t4-,5-/m0/s1. The zero-order valence-electron chi connectivity index (χ0n) is 6.65. The molecule has 0 unspecified atom stereocenters. The van der Waals surface area contributed by atoms with Crippen molar-refractivity contribution in [2.75, 3.05) is 13.7 Å². The van der Waals surface area contributed by atoms with E-state index in [0.717, 1.165) is 0 Å². The van der Waals surface area contributed by atoms with E-state index in [1.807, 2.05) is 0 Å². The fourth-order valence-electron chi connectivity index (χ4n) is 1.23. The Hall–Kier alpha value is -1.10. The Balaban J connectivity index is 2.63. The number of carbonyl (C=O) groups excluding carboxylic acids is 1. The van der Waals surface area contributed by atoms with Gasteiger partial charge in [0.25, 0.3) is 0 Å². The second-order valence-electron chi connectivity index (χ2n) is 2.55. The first kappa shape index (κ1) is 8.99. The van der Waals surface area contributed by atoms with Crippen molar-refractivity contribution in [3.63, 3.8) is 0 Å². The number of carbonyl (C=O) groups is 2. The van der Waals surface area contributed by atoms with Crippen molar-refractivity contribution in [2.24, 2.45) is 5.92 Å². The van der Waals surface area contributed by atoms with Crippen LogP contribution in [0.5, 0.6) is 0 Å². The lowest BCUT2D eigenvalue weighted by Gasteiger charge is -2.10. The highest BCUT2D eigenvalue weighted by molar-refractivity contribution is 5.83. The Morgan fingerprint density at radius 3 is 2.75 bits per heavy atom. The highest BCUT2D eigenvalue weighted by atomic mass is 16.5. The highest BCUT2D eigenvalue weighted by Gasteiger charge is 2.39. The molecule has 0 bridgehead atoms. The van der Waals surface area contributed by atoms with Gasteiger partial charge in [-0.2, -0.15) is 0 Å². The fourth-order valence-corrected chi connectivity index (χ4v) is 1.23. The smallest absolute Gasteiger partial charge is 0.333 e. The Morgan fingerprint density at radius 2 is 2.25 bits per heavy atom. The van der Waals surface area contributed by atoms with E-state index in [-0.39, 0.29) is 0 Å². The lowest BCUT2D eigenvalue weighted by Crippen LogP contribution is -2.32. The first-order valence-electron chi connectivity index (χ1n) is 3.59. The molecule has 1 rings (SSSR count). The van der Waals surface area contributed by atoms with Gasteiger partial charge in [0.15, 0.2) is 6.10 Å². The summed E-state index contributed by atoms with van der Waals surface area (Å²) in [6.45, 7) is 0.302. The van der Waals surface area contributed by atoms with Crippen LogP contribution in [0.2, 0.25) is 0 Å². The average Bonchev–Trinajstić information content (AvgIpc) is 2.50. The minimum Gasteiger partial charge on any atom is -0.479 e. The molecule has 5 heteroatoms. The van der Waals surface area contributed by atoms with Gasteiger partial charge in [-0.25, -0.2) is 4.79 Å². The molecule has 5 nitrogen and oxygen atoms in total. The number of hydrogen-bond acceptors (Lipinski definition) is 4. The van der Waals surface area contributed by atoms with Crippen LogP contribution in [0.3, 0.4) is 0 Å². The topological polar surface area (TPSA) is 72.8 Å². The van der Waals surface area contributed by atoms with Crippen LogP contribution >= 0.6 is 0 Å². The Bertz CT molecular complexity index is 200. The number of aliphatic carboxylic acids is 1. The second kappa shape index (κ2) is 3.53. The molecule has 12 heavy (non-hydrogen) atoms. The molecule has 1 fully saturated rings. The van der Waals surface area contributed by atoms with E-state index in [1.54, 1.807) is 0 Å². The van der Waals surface area contributed by atoms with Crippen LogP contribution in [-0.2, 0) is 19.1 Å². The molecular weight excluding hydrogens is 164 g/mol. The molecule has 0 aromatic heterocycles. The van der Waals surface area contributed by atoms with Crippen LogP contribution in [-0.4, -0.2) is 36.9 Å². The molecule has 2 atom stereocenters. The van der Waals surface area contributed by atoms with Gasteiger partial charge >= 0.3 is 11.9 Å². The Morgan fingerprint density at radius 1 is 1.58 bits per heavy atom. The van der Waals surface area contributed by atoms with Crippen LogP contribution in [0, 0.1) is 5.92 Å². The minimum atomic E-state index is -1.11. The zero-order chi connectivity index (χ0) is 9.14. The maximum atomic E-state index is 11.0. The highest BCUT2D eigenvalue weighted by Crippen LogP contribution is 2.22. The van der Waals surface area contributed by atoms with Gasteiger partial charge in [0.1, 0.15) is 0 Å². The van der Waals surface area contributed by atoms with Gasteiger partial charge < -0.3 is 14.6 Å². The SMILES string of the molecule is COC(=O)[C@H]1CCO[C@@H]1C(=O)O. The van der Waals surface area contributed by atoms with Crippen molar-refractivity contribution < 1.29 is 24.2 Å². The van der Waals surface area contributed by atoms with Crippen molar-refractivity contribution >= 4 is 11.9 Å². The van der Waals surface area contributed by atoms with Gasteiger partial charge in [-0.15, -0.1) is 0 Å². The van der Waals surface area contributed by atoms with Crippen molar-refractivity contribution in [3.05, 3.63) is 0 Å². The first-order chi connectivity index (χ1) is 5.66. The molecule has 0 aromatic carbocycles. The van der Waals surface area contributed by atoms with E-state index >= 15 is 0 Å². The third-order valence-corrected chi connectivity index (χ3v) is 1.84. The van der Waals surface area contributed by atoms with Crippen LogP contribution in [0.1, 0.15) is 6.42 Å². The molecule has 68 valence electrons. The van der Waals surface area contributed by atoms with Gasteiger partial charge in [0.2, 0.25) is 0 Å². The minimum absolute atomic E-state index is 0.302. The average molecular weight is 174 g/mol. The molecule has 0 aliphatic carbocycles. The number of rotatable bonds is 2. The molecule has 1 heterocycles. The van der Waals surface area contributed by atoms with Gasteiger partial charge in [0.05, 0.1) is 13.0 Å². The lowest BCUT2D eigenvalue weighted by atomic mass is 10.0. The summed E-state index contributed by atoms with van der Waals surface area (Å²) in [4.78, 5) is 21.5. The number of hydrogen-bond donors (Lipinski definition) is 1. The molecule has 1 saturated heterocycles. The molecule has 0 saturated carbocycles. The summed E-state index contributed by atoms with van der Waals surface area (Å²) < 4.78 is 9.28. The van der Waals surface area contributed by atoms with E-state index in [9.17, 15) is 9.59 Å². The van der Waals surface area contributed by atoms with Gasteiger partial charge in [-0.05, 0) is 6.42 Å². The number of ether oxygens (including phenoxy) is 2. The molecule has 1 aliphatic rings. The molecule has 0 radical (unpaired) electrons. The van der Waals surface area contributed by atoms with Crippen LogP contribution in [0.4, 0.5) is 0 Å². The van der Waals surface area contributed by atoms with Crippen LogP contribution in [0.15, 0.2) is 0 Å². The Labute approximate surface area is 69.3 Å². The van der Waals surface area contributed by atoms with Crippen LogP contribution in [0.25, 0.3) is 0 Å². The molecule has 0 amide bonds. The summed E-state index contributed by atoms with van der Waals surface area (Å²) in [5.74, 6) is -2.27. The van der Waals surface area contributed by atoms with Crippen molar-refractivity contribution in [1.82, 2.24) is 0 Å². The van der Waals surface area contributed by atoms with Crippen LogP contribution < -0.4 is 0 Å². The zero-order valence-corrected chi connectivity index (χ0v) is 6.65. The largest absolute Gasteiger partial charge is 0.479 e. The summed E-state index contributed by atoms with van der Waals surface area (Å²) in [6, 6.07) is 0. The summed E-state index contributed by atoms with van der Waals surface area (Å²) in [7, 11) is 1.24. The third-order valence-electron chi connectivity index (χ3n) is 1.84. The van der Waals surface area contributed by atoms with E-state index in [0.29, 0.717) is 13.0 Å². The molecular formula is C7H10O5. The van der Waals surface area contributed by atoms with Gasteiger partial charge in [-0.3, -0.25) is 4.79 Å². The van der Waals surface area contributed by atoms with Crippen molar-refractivity contribution in [1.29, 1.82) is 0 Å². The monoisotopic (exact) mass is 174 g/mol. The normalized spacial score (nSPS) is 28.4. The number of carboxylic acid groups (broad SMARTS) is 1. The quantitative estimate of drug-likeness (QED) is 0.579. The molecule has 1 N–H and O–H groups in total. The number of esters is 1. The van der Waals surface area contributed by atoms with E-state index in [2.05, 4.69) is 4.74 Å². The summed E-state index contributed by atoms with van der Waals surface area (Å²) in [5, 5.41) is 8.60. The molecule has 0 aromatic rings. The summed E-state index contributed by atoms with van der Waals surface area (Å²) in [6.07, 6.45) is -0.610. The predicted molar refractivity (Wildman–Crippen MR) is 37.5 cm³/mol. The van der Waals surface area contributed by atoms with Crippen molar-refractivity contribution in [3.8, 4) is 0 Å². The first-order valence-corrected chi connectivity index (χ1v) is 3.59. The molecule has 0 spiro atoms. The Kier molecular flexibility index (Phi) is 2.65. The van der Waals surface area contributed by atoms with Gasteiger partial charge in [-0.1, -0.05) is 0 Å². The van der Waals surface area contributed by atoms with E-state index in [1.165, 1.54) is 7.11 Å². The fraction of sp³-hybridized carbons (Fsp3) is 0.714. The third kappa shape index (κ3) is 1.55. The maximum absolute atomic E-state index is 11.0. The second-order valence-corrected chi connectivity index (χ2v) is 2.55.